The van der Waals surface area contributed by atoms with Gasteiger partial charge >= 0.3 is 5.97 Å². The average molecular weight is 558 g/mol. The van der Waals surface area contributed by atoms with Crippen LogP contribution in [0.4, 0.5) is 5.00 Å². The van der Waals surface area contributed by atoms with Crippen LogP contribution < -0.4 is 10.1 Å². The highest BCUT2D eigenvalue weighted by molar-refractivity contribution is 7.99. The molecule has 1 N–H and O–H groups in total. The lowest BCUT2D eigenvalue weighted by Crippen LogP contribution is -2.16. The topological polar surface area (TPSA) is 95.3 Å². The standard InChI is InChI=1S/C23H26Cl2N4O4S2/c1-4-15-12-16(22(31)32-5-2)21(35-15)26-20(30)13-34-23-28-27-19(29(23)3)7-6-10-33-18-9-8-14(24)11-17(18)25/h8-9,11-12H,4-7,10,13H2,1-3H3,(H,26,30). The van der Waals surface area contributed by atoms with Crippen LogP contribution in [0.15, 0.2) is 29.4 Å². The van der Waals surface area contributed by atoms with Crippen LogP contribution in [0.25, 0.3) is 0 Å². The summed E-state index contributed by atoms with van der Waals surface area (Å²) in [6.45, 7) is 4.47. The van der Waals surface area contributed by atoms with E-state index in [0.717, 1.165) is 17.1 Å². The molecule has 0 aliphatic heterocycles. The molecule has 3 rings (SSSR count). The molecule has 2 heterocycles. The quantitative estimate of drug-likeness (QED) is 0.174. The number of esters is 1. The molecule has 0 fully saturated rings. The van der Waals surface area contributed by atoms with Gasteiger partial charge in [0.2, 0.25) is 5.91 Å². The number of nitrogens with one attached hydrogen (secondary N) is 1. The van der Waals surface area contributed by atoms with E-state index in [4.69, 9.17) is 32.7 Å². The molecule has 35 heavy (non-hydrogen) atoms. The van der Waals surface area contributed by atoms with Crippen molar-refractivity contribution in [3.63, 3.8) is 0 Å². The fourth-order valence-electron chi connectivity index (χ4n) is 3.06. The lowest BCUT2D eigenvalue weighted by atomic mass is 10.2. The molecule has 12 heteroatoms. The first-order chi connectivity index (χ1) is 16.8. The van der Waals surface area contributed by atoms with Crippen molar-refractivity contribution in [2.24, 2.45) is 7.05 Å². The number of carbonyl (C=O) groups is 2. The van der Waals surface area contributed by atoms with Gasteiger partial charge in [0.25, 0.3) is 0 Å². The Morgan fingerprint density at radius 3 is 2.71 bits per heavy atom. The van der Waals surface area contributed by atoms with Gasteiger partial charge in [0.05, 0.1) is 29.6 Å². The molecule has 1 amide bonds. The summed E-state index contributed by atoms with van der Waals surface area (Å²) < 4.78 is 12.7. The van der Waals surface area contributed by atoms with E-state index in [9.17, 15) is 9.59 Å². The van der Waals surface area contributed by atoms with E-state index in [1.54, 1.807) is 31.2 Å². The van der Waals surface area contributed by atoms with E-state index < -0.39 is 5.97 Å². The number of rotatable bonds is 12. The highest BCUT2D eigenvalue weighted by Crippen LogP contribution is 2.30. The van der Waals surface area contributed by atoms with Crippen LogP contribution in [-0.4, -0.2) is 45.6 Å². The summed E-state index contributed by atoms with van der Waals surface area (Å²) in [6, 6.07) is 6.87. The van der Waals surface area contributed by atoms with Gasteiger partial charge in [-0.3, -0.25) is 4.79 Å². The molecule has 0 unspecified atom stereocenters. The molecule has 0 aliphatic carbocycles. The first kappa shape index (κ1) is 27.3. The van der Waals surface area contributed by atoms with E-state index in [1.807, 2.05) is 18.5 Å². The van der Waals surface area contributed by atoms with Gasteiger partial charge < -0.3 is 19.4 Å². The van der Waals surface area contributed by atoms with Crippen molar-refractivity contribution in [3.05, 3.63) is 50.6 Å². The average Bonchev–Trinajstić information content (AvgIpc) is 3.39. The Hall–Kier alpha value is -2.27. The van der Waals surface area contributed by atoms with Crippen molar-refractivity contribution in [2.75, 3.05) is 24.3 Å². The van der Waals surface area contributed by atoms with Crippen LogP contribution in [0.1, 0.15) is 41.3 Å². The van der Waals surface area contributed by atoms with Gasteiger partial charge in [-0.2, -0.15) is 0 Å². The number of nitrogens with zero attached hydrogens (tertiary/aromatic N) is 3. The zero-order valence-corrected chi connectivity index (χ0v) is 22.7. The number of anilines is 1. The van der Waals surface area contributed by atoms with Crippen molar-refractivity contribution >= 4 is 63.2 Å². The Labute approximate surface area is 222 Å². The summed E-state index contributed by atoms with van der Waals surface area (Å²) in [6.07, 6.45) is 2.13. The summed E-state index contributed by atoms with van der Waals surface area (Å²) in [5.74, 6) is 0.828. The Balaban J connectivity index is 1.49. The second-order valence-electron chi connectivity index (χ2n) is 7.35. The minimum Gasteiger partial charge on any atom is -0.492 e. The molecule has 1 aromatic carbocycles. The summed E-state index contributed by atoms with van der Waals surface area (Å²) in [5.41, 5.74) is 0.384. The first-order valence-corrected chi connectivity index (χ1v) is 13.6. The number of carbonyl (C=O) groups excluding carboxylic acids is 2. The number of hydrogen-bond donors (Lipinski definition) is 1. The second-order valence-corrected chi connectivity index (χ2v) is 10.3. The Morgan fingerprint density at radius 1 is 1.20 bits per heavy atom. The predicted octanol–water partition coefficient (Wildman–Crippen LogP) is 5.66. The molecular formula is C23H26Cl2N4O4S2. The smallest absolute Gasteiger partial charge is 0.341 e. The van der Waals surface area contributed by atoms with Crippen LogP contribution in [0, 0.1) is 0 Å². The van der Waals surface area contributed by atoms with Gasteiger partial charge in [-0.25, -0.2) is 4.79 Å². The van der Waals surface area contributed by atoms with Crippen LogP contribution in [0.2, 0.25) is 10.0 Å². The van der Waals surface area contributed by atoms with Gasteiger partial charge in [-0.05, 0) is 44.0 Å². The number of halogens is 2. The zero-order valence-electron chi connectivity index (χ0n) is 19.6. The third-order valence-electron chi connectivity index (χ3n) is 4.83. The molecular weight excluding hydrogens is 531 g/mol. The molecule has 3 aromatic rings. The number of aromatic nitrogens is 3. The number of thiophene rings is 1. The van der Waals surface area contributed by atoms with Crippen molar-refractivity contribution in [1.82, 2.24) is 14.8 Å². The van der Waals surface area contributed by atoms with Gasteiger partial charge in [0.1, 0.15) is 16.6 Å². The van der Waals surface area contributed by atoms with E-state index in [1.165, 1.54) is 23.1 Å². The highest BCUT2D eigenvalue weighted by Gasteiger charge is 2.19. The summed E-state index contributed by atoms with van der Waals surface area (Å²) >= 11 is 14.7. The number of amides is 1. The normalized spacial score (nSPS) is 10.9. The Morgan fingerprint density at radius 2 is 2.00 bits per heavy atom. The van der Waals surface area contributed by atoms with Crippen molar-refractivity contribution in [1.29, 1.82) is 0 Å². The molecule has 0 atom stereocenters. The molecule has 0 bridgehead atoms. The Kier molecular flexibility index (Phi) is 10.3. The third-order valence-corrected chi connectivity index (χ3v) is 7.58. The summed E-state index contributed by atoms with van der Waals surface area (Å²) in [5, 5.41) is 13.4. The predicted molar refractivity (Wildman–Crippen MR) is 140 cm³/mol. The fraction of sp³-hybridized carbons (Fsp3) is 0.391. The number of thioether (sulfide) groups is 1. The molecule has 0 spiro atoms. The van der Waals surface area contributed by atoms with Crippen molar-refractivity contribution in [2.45, 2.75) is 38.3 Å². The molecule has 0 radical (unpaired) electrons. The maximum atomic E-state index is 12.6. The molecule has 0 saturated heterocycles. The van der Waals surface area contributed by atoms with Crippen LogP contribution in [0.5, 0.6) is 5.75 Å². The molecule has 0 aliphatic rings. The van der Waals surface area contributed by atoms with E-state index in [0.29, 0.717) is 51.0 Å². The van der Waals surface area contributed by atoms with Crippen molar-refractivity contribution < 1.29 is 19.1 Å². The van der Waals surface area contributed by atoms with Gasteiger partial charge in [0.15, 0.2) is 5.16 Å². The van der Waals surface area contributed by atoms with E-state index >= 15 is 0 Å². The lowest BCUT2D eigenvalue weighted by Gasteiger charge is -2.08. The minimum atomic E-state index is -0.438. The molecule has 2 aromatic heterocycles. The first-order valence-electron chi connectivity index (χ1n) is 11.0. The van der Waals surface area contributed by atoms with Crippen molar-refractivity contribution in [3.8, 4) is 5.75 Å². The van der Waals surface area contributed by atoms with Crippen LogP contribution in [0.3, 0.4) is 0 Å². The van der Waals surface area contributed by atoms with Gasteiger partial charge in [-0.15, -0.1) is 21.5 Å². The Bertz CT molecular complexity index is 1180. The maximum Gasteiger partial charge on any atom is 0.341 e. The minimum absolute atomic E-state index is 0.131. The fourth-order valence-corrected chi connectivity index (χ4v) is 5.25. The summed E-state index contributed by atoms with van der Waals surface area (Å²) in [7, 11) is 1.86. The number of ether oxygens (including phenoxy) is 2. The van der Waals surface area contributed by atoms with Crippen LogP contribution >= 0.6 is 46.3 Å². The highest BCUT2D eigenvalue weighted by atomic mass is 35.5. The zero-order chi connectivity index (χ0) is 25.4. The second kappa shape index (κ2) is 13.2. The number of hydrogen-bond acceptors (Lipinski definition) is 8. The van der Waals surface area contributed by atoms with E-state index in [2.05, 4.69) is 15.5 Å². The largest absolute Gasteiger partial charge is 0.492 e. The van der Waals surface area contributed by atoms with E-state index in [-0.39, 0.29) is 18.3 Å². The van der Waals surface area contributed by atoms with Crippen LogP contribution in [-0.2, 0) is 29.4 Å². The maximum absolute atomic E-state index is 12.6. The molecule has 0 saturated carbocycles. The molecule has 8 nitrogen and oxygen atoms in total. The lowest BCUT2D eigenvalue weighted by molar-refractivity contribution is -0.113. The SMILES string of the molecule is CCOC(=O)c1cc(CC)sc1NC(=O)CSc1nnc(CCCOc2ccc(Cl)cc2Cl)n1C. The van der Waals surface area contributed by atoms with Gasteiger partial charge in [0, 0.05) is 23.4 Å². The monoisotopic (exact) mass is 556 g/mol. The number of aryl methyl sites for hydroxylation is 2. The van der Waals surface area contributed by atoms with Gasteiger partial charge in [-0.1, -0.05) is 41.9 Å². The number of benzene rings is 1. The third kappa shape index (κ3) is 7.60. The summed E-state index contributed by atoms with van der Waals surface area (Å²) in [4.78, 5) is 25.8. The molecule has 188 valence electrons.